The van der Waals surface area contributed by atoms with Crippen molar-refractivity contribution in [2.75, 3.05) is 11.5 Å². The first-order valence-corrected chi connectivity index (χ1v) is 9.04. The number of alkyl halides is 3. The average Bonchev–Trinajstić information content (AvgIpc) is 2.83. The van der Waals surface area contributed by atoms with E-state index in [1.165, 1.54) is 6.92 Å². The lowest BCUT2D eigenvalue weighted by Crippen LogP contribution is -2.10. The monoisotopic (exact) mass is 411 g/mol. The highest BCUT2D eigenvalue weighted by molar-refractivity contribution is 7.92. The van der Waals surface area contributed by atoms with Crippen LogP contribution in [0.1, 0.15) is 18.2 Å². The van der Waals surface area contributed by atoms with Crippen LogP contribution in [-0.4, -0.2) is 19.7 Å². The molecular weight excluding hydrogens is 402 g/mol. The fourth-order valence-corrected chi connectivity index (χ4v) is 3.82. The Morgan fingerprint density at radius 1 is 1.40 bits per heavy atom. The zero-order valence-corrected chi connectivity index (χ0v) is 14.8. The molecule has 1 aromatic carbocycles. The molecule has 0 bridgehead atoms. The smallest absolute Gasteiger partial charge is 0.383 e. The van der Waals surface area contributed by atoms with Gasteiger partial charge in [-0.15, -0.1) is 0 Å². The van der Waals surface area contributed by atoms with Crippen LogP contribution < -0.4 is 5.73 Å². The highest BCUT2D eigenvalue weighted by atomic mass is 35.5. The van der Waals surface area contributed by atoms with E-state index in [4.69, 9.17) is 39.0 Å². The minimum atomic E-state index is -4.66. The number of nitrogens with zero attached hydrogens (tertiary/aromatic N) is 3. The minimum Gasteiger partial charge on any atom is -0.383 e. The number of benzene rings is 1. The van der Waals surface area contributed by atoms with Crippen LogP contribution in [0.15, 0.2) is 17.0 Å². The summed E-state index contributed by atoms with van der Waals surface area (Å²) in [5.74, 6) is -0.478. The maximum Gasteiger partial charge on any atom is 0.416 e. The first kappa shape index (κ1) is 19.4. The molecule has 3 N–H and O–H groups in total. The van der Waals surface area contributed by atoms with Crippen LogP contribution in [0.4, 0.5) is 19.0 Å². The second kappa shape index (κ2) is 6.40. The van der Waals surface area contributed by atoms with E-state index in [-0.39, 0.29) is 27.8 Å². The number of nitrogens with one attached hydrogen (secondary N) is 1. The Kier molecular flexibility index (Phi) is 4.96. The molecule has 0 aliphatic rings. The number of rotatable bonds is 3. The van der Waals surface area contributed by atoms with Crippen LogP contribution >= 0.6 is 23.2 Å². The number of hydrogen-bond acceptors (Lipinski definition) is 5. The molecule has 6 nitrogen and oxygen atoms in total. The fraction of sp³-hybridized carbons (Fsp3) is 0.231. The largest absolute Gasteiger partial charge is 0.416 e. The third kappa shape index (κ3) is 3.40. The molecule has 1 atom stereocenters. The summed E-state index contributed by atoms with van der Waals surface area (Å²) in [7, 11) is -3.41. The van der Waals surface area contributed by atoms with E-state index in [2.05, 4.69) is 5.10 Å². The summed E-state index contributed by atoms with van der Waals surface area (Å²) in [6.07, 6.45) is -4.66. The molecule has 2 aromatic rings. The lowest BCUT2D eigenvalue weighted by molar-refractivity contribution is -0.137. The molecule has 0 amide bonds. The summed E-state index contributed by atoms with van der Waals surface area (Å²) in [4.78, 5) is -0.301. The van der Waals surface area contributed by atoms with E-state index in [0.717, 1.165) is 4.68 Å². The molecule has 0 spiro atoms. The molecule has 1 heterocycles. The van der Waals surface area contributed by atoms with Gasteiger partial charge in [-0.05, 0) is 12.1 Å². The molecule has 0 radical (unpaired) electrons. The molecule has 2 rings (SSSR count). The lowest BCUT2D eigenvalue weighted by Gasteiger charge is -2.13. The number of anilines is 1. The molecular formula is C13H10Cl2F3N5OS. The van der Waals surface area contributed by atoms with Crippen molar-refractivity contribution in [2.24, 2.45) is 0 Å². The van der Waals surface area contributed by atoms with Crippen molar-refractivity contribution in [3.63, 3.8) is 0 Å². The highest BCUT2D eigenvalue weighted by Gasteiger charge is 2.33. The van der Waals surface area contributed by atoms with E-state index < -0.39 is 31.5 Å². The zero-order chi connectivity index (χ0) is 19.2. The van der Waals surface area contributed by atoms with Gasteiger partial charge in [0.1, 0.15) is 22.5 Å². The molecule has 0 fully saturated rings. The van der Waals surface area contributed by atoms with Crippen LogP contribution in [0.5, 0.6) is 0 Å². The van der Waals surface area contributed by atoms with Gasteiger partial charge in [-0.25, -0.2) is 13.7 Å². The predicted octanol–water partition coefficient (Wildman–Crippen LogP) is 4.08. The molecule has 25 heavy (non-hydrogen) atoms. The number of nitriles is 1. The maximum absolute atomic E-state index is 12.8. The van der Waals surface area contributed by atoms with Crippen molar-refractivity contribution in [1.29, 1.82) is 10.0 Å². The number of hydrogen-bond donors (Lipinski definition) is 2. The summed E-state index contributed by atoms with van der Waals surface area (Å²) in [5, 5.41) is 12.1. The van der Waals surface area contributed by atoms with Gasteiger partial charge in [0.05, 0.1) is 25.3 Å². The SMILES string of the molecule is CCS(=N)(=O)c1c(C#N)nn(-c2c(Cl)cc(C(F)(F)F)cc2Cl)c1N. The van der Waals surface area contributed by atoms with Crippen LogP contribution in [0.25, 0.3) is 5.69 Å². The summed E-state index contributed by atoms with van der Waals surface area (Å²) >= 11 is 11.8. The maximum atomic E-state index is 12.8. The van der Waals surface area contributed by atoms with Gasteiger partial charge in [-0.3, -0.25) is 0 Å². The predicted molar refractivity (Wildman–Crippen MR) is 87.4 cm³/mol. The zero-order valence-electron chi connectivity index (χ0n) is 12.5. The number of nitrogen functional groups attached to an aromatic ring is 1. The van der Waals surface area contributed by atoms with Crippen molar-refractivity contribution in [3.8, 4) is 11.8 Å². The van der Waals surface area contributed by atoms with Gasteiger partial charge in [-0.1, -0.05) is 30.1 Å². The molecule has 0 aliphatic heterocycles. The quantitative estimate of drug-likeness (QED) is 0.792. The van der Waals surface area contributed by atoms with E-state index in [1.807, 2.05) is 0 Å². The van der Waals surface area contributed by atoms with Crippen LogP contribution in [0.3, 0.4) is 0 Å². The van der Waals surface area contributed by atoms with Crippen molar-refractivity contribution in [3.05, 3.63) is 33.4 Å². The third-order valence-corrected chi connectivity index (χ3v) is 5.73. The van der Waals surface area contributed by atoms with Gasteiger partial charge in [0.2, 0.25) is 0 Å². The summed E-state index contributed by atoms with van der Waals surface area (Å²) in [6.45, 7) is 1.46. The Bertz CT molecular complexity index is 969. The Morgan fingerprint density at radius 2 is 1.92 bits per heavy atom. The number of halogens is 5. The van der Waals surface area contributed by atoms with E-state index in [1.54, 1.807) is 6.07 Å². The van der Waals surface area contributed by atoms with Crippen molar-refractivity contribution in [1.82, 2.24) is 9.78 Å². The summed E-state index contributed by atoms with van der Waals surface area (Å²) in [6, 6.07) is 2.93. The summed E-state index contributed by atoms with van der Waals surface area (Å²) < 4.78 is 59.4. The molecule has 0 saturated carbocycles. The Morgan fingerprint density at radius 3 is 2.32 bits per heavy atom. The fourth-order valence-electron chi connectivity index (χ4n) is 2.06. The summed E-state index contributed by atoms with van der Waals surface area (Å²) in [5.41, 5.74) is 4.18. The van der Waals surface area contributed by atoms with Gasteiger partial charge >= 0.3 is 6.18 Å². The van der Waals surface area contributed by atoms with Crippen molar-refractivity contribution < 1.29 is 17.4 Å². The molecule has 0 saturated heterocycles. The molecule has 12 heteroatoms. The van der Waals surface area contributed by atoms with Gasteiger partial charge in [0, 0.05) is 5.75 Å². The second-order valence-electron chi connectivity index (χ2n) is 4.84. The van der Waals surface area contributed by atoms with Crippen molar-refractivity contribution in [2.45, 2.75) is 18.0 Å². The average molecular weight is 412 g/mol. The van der Waals surface area contributed by atoms with Crippen LogP contribution in [0, 0.1) is 16.1 Å². The third-order valence-electron chi connectivity index (χ3n) is 3.27. The number of nitrogens with two attached hydrogens (primary N) is 1. The van der Waals surface area contributed by atoms with Gasteiger partial charge < -0.3 is 5.73 Å². The second-order valence-corrected chi connectivity index (χ2v) is 7.99. The Labute approximate surface area is 150 Å². The molecule has 1 aromatic heterocycles. The Hall–Kier alpha value is -1.96. The standard InChI is InChI=1S/C13H10Cl2F3N5OS/c1-2-25(21,24)11-9(5-19)22-23(12(11)20)10-7(14)3-6(4-8(10)15)13(16,17)18/h3-4,21H,2,20H2,1H3. The minimum absolute atomic E-state index is 0.133. The van der Waals surface area contributed by atoms with E-state index in [9.17, 15) is 17.4 Å². The molecule has 1 unspecified atom stereocenters. The van der Waals surface area contributed by atoms with Crippen LogP contribution in [-0.2, 0) is 15.9 Å². The van der Waals surface area contributed by atoms with E-state index in [0.29, 0.717) is 12.1 Å². The van der Waals surface area contributed by atoms with E-state index >= 15 is 0 Å². The van der Waals surface area contributed by atoms with Gasteiger partial charge in [0.15, 0.2) is 5.69 Å². The topological polar surface area (TPSA) is 109 Å². The molecule has 0 aliphatic carbocycles. The lowest BCUT2D eigenvalue weighted by atomic mass is 10.2. The van der Waals surface area contributed by atoms with Gasteiger partial charge in [0.25, 0.3) is 0 Å². The number of aromatic nitrogens is 2. The van der Waals surface area contributed by atoms with Crippen LogP contribution in [0.2, 0.25) is 10.0 Å². The van der Waals surface area contributed by atoms with Crippen molar-refractivity contribution >= 4 is 38.7 Å². The van der Waals surface area contributed by atoms with Gasteiger partial charge in [-0.2, -0.15) is 23.5 Å². The first-order chi connectivity index (χ1) is 11.4. The normalized spacial score (nSPS) is 14.1. The first-order valence-electron chi connectivity index (χ1n) is 6.55. The Balaban J connectivity index is 2.80. The molecule has 134 valence electrons. The highest BCUT2D eigenvalue weighted by Crippen LogP contribution is 2.39.